The number of aliphatic hydroxyl groups is 1. The number of carbonyl (C=O) groups is 1. The fourth-order valence-electron chi connectivity index (χ4n) is 7.27. The molecule has 0 aliphatic heterocycles. The monoisotopic (exact) mass is 328 g/mol. The van der Waals surface area contributed by atoms with Crippen molar-refractivity contribution in [2.75, 3.05) is 0 Å². The summed E-state index contributed by atoms with van der Waals surface area (Å²) in [6.07, 6.45) is 9.99. The minimum atomic E-state index is -0.130. The summed E-state index contributed by atoms with van der Waals surface area (Å²) < 4.78 is 0. The summed E-state index contributed by atoms with van der Waals surface area (Å²) in [5.41, 5.74) is 4.43. The molecule has 2 nitrogen and oxygen atoms in total. The second-order valence-electron chi connectivity index (χ2n) is 9.53. The minimum absolute atomic E-state index is 0.104. The van der Waals surface area contributed by atoms with Gasteiger partial charge in [-0.2, -0.15) is 0 Å². The molecule has 132 valence electrons. The third kappa shape index (κ3) is 2.08. The Labute approximate surface area is 146 Å². The smallest absolute Gasteiger partial charge is 0.156 e. The second-order valence-corrected chi connectivity index (χ2v) is 9.53. The molecular weight excluding hydrogens is 296 g/mol. The lowest BCUT2D eigenvalue weighted by Gasteiger charge is -2.57. The fraction of sp³-hybridized carbons (Fsp3) is 0.773. The van der Waals surface area contributed by atoms with Gasteiger partial charge in [0.1, 0.15) is 0 Å². The van der Waals surface area contributed by atoms with Gasteiger partial charge in [-0.15, -0.1) is 0 Å². The molecule has 6 atom stereocenters. The average molecular weight is 328 g/mol. The van der Waals surface area contributed by atoms with Crippen LogP contribution in [0.1, 0.15) is 72.6 Å². The van der Waals surface area contributed by atoms with Gasteiger partial charge in [0.05, 0.1) is 6.10 Å². The molecule has 2 saturated carbocycles. The molecule has 0 radical (unpaired) electrons. The molecule has 0 unspecified atom stereocenters. The van der Waals surface area contributed by atoms with Crippen molar-refractivity contribution in [2.45, 2.75) is 78.7 Å². The summed E-state index contributed by atoms with van der Waals surface area (Å²) in [7, 11) is 0. The second kappa shape index (κ2) is 5.30. The van der Waals surface area contributed by atoms with Crippen LogP contribution in [0.5, 0.6) is 0 Å². The van der Waals surface area contributed by atoms with Crippen LogP contribution >= 0.6 is 0 Å². The van der Waals surface area contributed by atoms with E-state index in [0.29, 0.717) is 17.6 Å². The van der Waals surface area contributed by atoms with Gasteiger partial charge in [-0.3, -0.25) is 4.79 Å². The molecule has 0 saturated heterocycles. The van der Waals surface area contributed by atoms with E-state index in [1.54, 1.807) is 6.92 Å². The van der Waals surface area contributed by atoms with Crippen molar-refractivity contribution < 1.29 is 9.90 Å². The molecule has 2 fully saturated rings. The zero-order chi connectivity index (χ0) is 17.3. The summed E-state index contributed by atoms with van der Waals surface area (Å²) in [4.78, 5) is 12.3. The fourth-order valence-corrected chi connectivity index (χ4v) is 7.27. The van der Waals surface area contributed by atoms with E-state index in [9.17, 15) is 9.90 Å². The molecule has 0 bridgehead atoms. The average Bonchev–Trinajstić information content (AvgIpc) is 2.78. The summed E-state index contributed by atoms with van der Waals surface area (Å²) in [5.74, 6) is 2.38. The Morgan fingerprint density at radius 2 is 1.83 bits per heavy atom. The molecule has 0 spiro atoms. The Bertz CT molecular complexity index is 642. The zero-order valence-electron chi connectivity index (χ0n) is 15.7. The van der Waals surface area contributed by atoms with Crippen molar-refractivity contribution in [3.63, 3.8) is 0 Å². The molecule has 2 heteroatoms. The van der Waals surface area contributed by atoms with Crippen LogP contribution in [0.25, 0.3) is 0 Å². The quantitative estimate of drug-likeness (QED) is 0.700. The van der Waals surface area contributed by atoms with E-state index in [1.165, 1.54) is 17.6 Å². The number of hydrogen-bond acceptors (Lipinski definition) is 2. The normalized spacial score (nSPS) is 47.6. The first-order valence-electron chi connectivity index (χ1n) is 9.86. The first-order chi connectivity index (χ1) is 11.3. The van der Waals surface area contributed by atoms with E-state index >= 15 is 0 Å². The molecule has 0 heterocycles. The molecule has 0 aromatic carbocycles. The van der Waals surface area contributed by atoms with E-state index in [4.69, 9.17) is 0 Å². The lowest BCUT2D eigenvalue weighted by atomic mass is 9.47. The molecule has 0 amide bonds. The first kappa shape index (κ1) is 16.6. The lowest BCUT2D eigenvalue weighted by molar-refractivity contribution is -0.115. The summed E-state index contributed by atoms with van der Waals surface area (Å²) in [6.45, 7) is 8.79. The topological polar surface area (TPSA) is 37.3 Å². The summed E-state index contributed by atoms with van der Waals surface area (Å²) >= 11 is 0. The van der Waals surface area contributed by atoms with Gasteiger partial charge in [-0.05, 0) is 93.0 Å². The van der Waals surface area contributed by atoms with Crippen LogP contribution in [0.3, 0.4) is 0 Å². The zero-order valence-corrected chi connectivity index (χ0v) is 15.7. The highest BCUT2D eigenvalue weighted by atomic mass is 16.3. The molecule has 0 aromatic heterocycles. The van der Waals surface area contributed by atoms with Crippen molar-refractivity contribution in [2.24, 2.45) is 28.6 Å². The van der Waals surface area contributed by atoms with Crippen molar-refractivity contribution in [3.8, 4) is 0 Å². The van der Waals surface area contributed by atoms with Gasteiger partial charge < -0.3 is 5.11 Å². The van der Waals surface area contributed by atoms with Crippen LogP contribution in [-0.4, -0.2) is 17.0 Å². The van der Waals surface area contributed by atoms with E-state index in [1.807, 2.05) is 0 Å². The number of aliphatic hydroxyl groups excluding tert-OH is 1. The van der Waals surface area contributed by atoms with Gasteiger partial charge in [0, 0.05) is 0 Å². The molecule has 4 rings (SSSR count). The van der Waals surface area contributed by atoms with Crippen LogP contribution in [0, 0.1) is 28.6 Å². The highest BCUT2D eigenvalue weighted by molar-refractivity contribution is 5.96. The molecular formula is C22H32O2. The molecule has 4 aliphatic carbocycles. The lowest BCUT2D eigenvalue weighted by Crippen LogP contribution is -2.50. The first-order valence-corrected chi connectivity index (χ1v) is 9.86. The van der Waals surface area contributed by atoms with Crippen molar-refractivity contribution in [1.29, 1.82) is 0 Å². The summed E-state index contributed by atoms with van der Waals surface area (Å²) in [6, 6.07) is 0. The Morgan fingerprint density at radius 1 is 1.12 bits per heavy atom. The van der Waals surface area contributed by atoms with E-state index in [-0.39, 0.29) is 16.9 Å². The third-order valence-corrected chi connectivity index (χ3v) is 8.34. The number of rotatable bonds is 1. The Hall–Kier alpha value is -0.890. The van der Waals surface area contributed by atoms with Gasteiger partial charge in [0.15, 0.2) is 5.78 Å². The largest absolute Gasteiger partial charge is 0.393 e. The summed E-state index contributed by atoms with van der Waals surface area (Å²) in [5, 5.41) is 10.1. The van der Waals surface area contributed by atoms with Crippen LogP contribution in [0.4, 0.5) is 0 Å². The Balaban J connectivity index is 1.70. The minimum Gasteiger partial charge on any atom is -0.393 e. The highest BCUT2D eigenvalue weighted by Gasteiger charge is 2.58. The number of ketones is 1. The molecule has 4 aliphatic rings. The highest BCUT2D eigenvalue weighted by Crippen LogP contribution is 2.65. The number of carbonyl (C=O) groups excluding carboxylic acids is 1. The van der Waals surface area contributed by atoms with Crippen LogP contribution in [0.15, 0.2) is 22.8 Å². The van der Waals surface area contributed by atoms with Gasteiger partial charge in [0.25, 0.3) is 0 Å². The van der Waals surface area contributed by atoms with Crippen molar-refractivity contribution >= 4 is 5.78 Å². The third-order valence-electron chi connectivity index (χ3n) is 8.34. The maximum Gasteiger partial charge on any atom is 0.156 e. The van der Waals surface area contributed by atoms with Gasteiger partial charge in [-0.1, -0.05) is 31.1 Å². The predicted octanol–water partition coefficient (Wildman–Crippen LogP) is 4.83. The maximum atomic E-state index is 12.3. The number of fused-ring (bicyclic) bond motifs is 5. The van der Waals surface area contributed by atoms with E-state index < -0.39 is 0 Å². The van der Waals surface area contributed by atoms with Crippen LogP contribution in [-0.2, 0) is 4.79 Å². The van der Waals surface area contributed by atoms with Crippen molar-refractivity contribution in [1.82, 2.24) is 0 Å². The predicted molar refractivity (Wildman–Crippen MR) is 96.5 cm³/mol. The van der Waals surface area contributed by atoms with Gasteiger partial charge >= 0.3 is 0 Å². The molecule has 1 N–H and O–H groups in total. The Kier molecular flexibility index (Phi) is 3.66. The standard InChI is InChI=1S/C22H32O2/c1-13-11-19-17-6-5-15-12-16(24)7-9-21(15,3)18(17)8-10-22(19,4)20(13)14(2)23/h5,16-19,24H,6-12H2,1-4H3/t16-,17+,18-,19+,21-,22-/m0/s1. The SMILES string of the molecule is CC(=O)C1=C(C)C[C@@H]2[C@@H]3CC=C4C[C@@H](O)CC[C@]4(C)[C@H]3CC[C@]12C. The van der Waals surface area contributed by atoms with E-state index in [2.05, 4.69) is 26.8 Å². The Morgan fingerprint density at radius 3 is 2.54 bits per heavy atom. The number of hydrogen-bond donors (Lipinski definition) is 1. The number of allylic oxidation sites excluding steroid dienone is 3. The number of Topliss-reactive ketones (excluding diaryl/α,β-unsaturated/α-hetero) is 1. The van der Waals surface area contributed by atoms with Crippen LogP contribution < -0.4 is 0 Å². The van der Waals surface area contributed by atoms with Gasteiger partial charge in [0.2, 0.25) is 0 Å². The van der Waals surface area contributed by atoms with E-state index in [0.717, 1.165) is 50.0 Å². The van der Waals surface area contributed by atoms with Gasteiger partial charge in [-0.25, -0.2) is 0 Å². The van der Waals surface area contributed by atoms with Crippen molar-refractivity contribution in [3.05, 3.63) is 22.8 Å². The molecule has 0 aromatic rings. The molecule has 24 heavy (non-hydrogen) atoms. The van der Waals surface area contributed by atoms with Crippen LogP contribution in [0.2, 0.25) is 0 Å². The maximum absolute atomic E-state index is 12.3.